The van der Waals surface area contributed by atoms with Gasteiger partial charge in [0.15, 0.2) is 0 Å². The Hall–Kier alpha value is -1.91. The van der Waals surface area contributed by atoms with Crippen LogP contribution in [0.1, 0.15) is 26.2 Å². The largest absolute Gasteiger partial charge is 0.344 e. The smallest absolute Gasteiger partial charge is 0.249 e. The Morgan fingerprint density at radius 2 is 2.30 bits per heavy atom. The minimum Gasteiger partial charge on any atom is -0.344 e. The number of nitrogens with one attached hydrogen (secondary N) is 1. The monoisotopic (exact) mass is 273 g/mol. The summed E-state index contributed by atoms with van der Waals surface area (Å²) in [6.45, 7) is 2.76. The number of amides is 2. The first-order valence-electron chi connectivity index (χ1n) is 7.18. The lowest BCUT2D eigenvalue weighted by Gasteiger charge is -2.32. The van der Waals surface area contributed by atoms with E-state index in [2.05, 4.69) is 17.2 Å². The van der Waals surface area contributed by atoms with Crippen molar-refractivity contribution >= 4 is 17.5 Å². The lowest BCUT2D eigenvalue weighted by Crippen LogP contribution is -2.52. The van der Waals surface area contributed by atoms with Gasteiger partial charge in [0.05, 0.1) is 11.9 Å². The highest BCUT2D eigenvalue weighted by molar-refractivity contribution is 6.00. The van der Waals surface area contributed by atoms with E-state index in [9.17, 15) is 9.59 Å². The van der Waals surface area contributed by atoms with Crippen molar-refractivity contribution in [3.8, 4) is 0 Å². The number of carbonyl (C=O) groups is 2. The Kier molecular flexibility index (Phi) is 3.42. The van der Waals surface area contributed by atoms with Gasteiger partial charge >= 0.3 is 0 Å². The summed E-state index contributed by atoms with van der Waals surface area (Å²) in [4.78, 5) is 30.2. The van der Waals surface area contributed by atoms with Crippen molar-refractivity contribution in [1.82, 2.24) is 10.3 Å². The van der Waals surface area contributed by atoms with Gasteiger partial charge < -0.3 is 10.2 Å². The van der Waals surface area contributed by atoms with Crippen molar-refractivity contribution in [2.75, 3.05) is 11.4 Å². The molecule has 1 N–H and O–H groups in total. The zero-order chi connectivity index (χ0) is 14.1. The minimum absolute atomic E-state index is 0.0223. The van der Waals surface area contributed by atoms with Gasteiger partial charge in [0.2, 0.25) is 11.8 Å². The second-order valence-corrected chi connectivity index (χ2v) is 5.72. The van der Waals surface area contributed by atoms with E-state index >= 15 is 0 Å². The first-order chi connectivity index (χ1) is 9.66. The summed E-state index contributed by atoms with van der Waals surface area (Å²) in [5.41, 5.74) is 0.802. The third-order valence-electron chi connectivity index (χ3n) is 4.16. The van der Waals surface area contributed by atoms with Crippen molar-refractivity contribution in [3.05, 3.63) is 24.5 Å². The normalized spacial score (nSPS) is 29.1. The predicted octanol–water partition coefficient (Wildman–Crippen LogP) is 1.35. The highest BCUT2D eigenvalue weighted by Gasteiger charge is 2.41. The van der Waals surface area contributed by atoms with Gasteiger partial charge in [0.25, 0.3) is 0 Å². The van der Waals surface area contributed by atoms with Crippen LogP contribution < -0.4 is 10.2 Å². The Labute approximate surface area is 118 Å². The second-order valence-electron chi connectivity index (χ2n) is 5.72. The van der Waals surface area contributed by atoms with Crippen LogP contribution in [0.15, 0.2) is 24.5 Å². The summed E-state index contributed by atoms with van der Waals surface area (Å²) in [5.74, 6) is 0.578. The maximum absolute atomic E-state index is 12.5. The highest BCUT2D eigenvalue weighted by Crippen LogP contribution is 2.37. The fourth-order valence-corrected chi connectivity index (χ4v) is 2.75. The quantitative estimate of drug-likeness (QED) is 0.904. The predicted molar refractivity (Wildman–Crippen MR) is 75.0 cm³/mol. The lowest BCUT2D eigenvalue weighted by molar-refractivity contribution is -0.129. The van der Waals surface area contributed by atoms with Crippen molar-refractivity contribution in [3.63, 3.8) is 0 Å². The molecule has 2 heterocycles. The van der Waals surface area contributed by atoms with Crippen LogP contribution in [0.4, 0.5) is 5.69 Å². The molecule has 106 valence electrons. The zero-order valence-corrected chi connectivity index (χ0v) is 11.6. The number of carbonyl (C=O) groups excluding carboxylic acids is 2. The molecule has 1 aliphatic heterocycles. The van der Waals surface area contributed by atoms with E-state index in [1.165, 1.54) is 0 Å². The molecule has 2 amide bonds. The second kappa shape index (κ2) is 5.23. The van der Waals surface area contributed by atoms with E-state index in [0.29, 0.717) is 12.5 Å². The molecule has 2 fully saturated rings. The van der Waals surface area contributed by atoms with Crippen molar-refractivity contribution in [2.24, 2.45) is 11.8 Å². The topological polar surface area (TPSA) is 62.3 Å². The molecule has 0 radical (unpaired) electrons. The van der Waals surface area contributed by atoms with Gasteiger partial charge in [-0.3, -0.25) is 14.6 Å². The van der Waals surface area contributed by atoms with E-state index in [4.69, 9.17) is 0 Å². The molecule has 20 heavy (non-hydrogen) atoms. The van der Waals surface area contributed by atoms with Gasteiger partial charge in [-0.15, -0.1) is 0 Å². The summed E-state index contributed by atoms with van der Waals surface area (Å²) in [6.07, 6.45) is 5.93. The molecule has 0 spiro atoms. The lowest BCUT2D eigenvalue weighted by atomic mass is 10.0. The molecule has 0 unspecified atom stereocenters. The molecule has 1 saturated heterocycles. The van der Waals surface area contributed by atoms with E-state index < -0.39 is 0 Å². The summed E-state index contributed by atoms with van der Waals surface area (Å²) in [5, 5.41) is 2.91. The van der Waals surface area contributed by atoms with Crippen LogP contribution >= 0.6 is 0 Å². The fraction of sp³-hybridized carbons (Fsp3) is 0.533. The molecule has 1 saturated carbocycles. The molecular weight excluding hydrogens is 254 g/mol. The molecule has 3 rings (SSSR count). The highest BCUT2D eigenvalue weighted by atomic mass is 16.2. The fourth-order valence-electron chi connectivity index (χ4n) is 2.75. The molecule has 1 aromatic rings. The third-order valence-corrected chi connectivity index (χ3v) is 4.16. The summed E-state index contributed by atoms with van der Waals surface area (Å²) >= 11 is 0. The zero-order valence-electron chi connectivity index (χ0n) is 11.6. The van der Waals surface area contributed by atoms with Crippen LogP contribution in [-0.2, 0) is 9.59 Å². The number of rotatable bonds is 3. The Balaban J connectivity index is 1.67. The molecule has 5 heteroatoms. The molecule has 0 aromatic carbocycles. The van der Waals surface area contributed by atoms with Gasteiger partial charge in [0, 0.05) is 18.7 Å². The number of piperidine rings is 1. The maximum Gasteiger partial charge on any atom is 0.249 e. The van der Waals surface area contributed by atoms with E-state index in [0.717, 1.165) is 24.9 Å². The van der Waals surface area contributed by atoms with E-state index in [-0.39, 0.29) is 23.8 Å². The van der Waals surface area contributed by atoms with Gasteiger partial charge in [-0.25, -0.2) is 0 Å². The first kappa shape index (κ1) is 13.1. The van der Waals surface area contributed by atoms with E-state index in [1.807, 2.05) is 12.1 Å². The molecule has 2 aliphatic rings. The Bertz CT molecular complexity index is 517. The Morgan fingerprint density at radius 3 is 2.95 bits per heavy atom. The first-order valence-corrected chi connectivity index (χ1v) is 7.18. The van der Waals surface area contributed by atoms with Gasteiger partial charge in [-0.2, -0.15) is 0 Å². The molecule has 5 nitrogen and oxygen atoms in total. The van der Waals surface area contributed by atoms with Crippen molar-refractivity contribution in [1.29, 1.82) is 0 Å². The molecular formula is C15H19N3O2. The van der Waals surface area contributed by atoms with Crippen LogP contribution in [0.3, 0.4) is 0 Å². The standard InChI is InChI=1S/C15H19N3O2/c1-10-8-12(10)14(19)17-13-5-3-7-18(15(13)20)11-4-2-6-16-9-11/h2,4,6,9-10,12-13H,3,5,7-8H2,1H3,(H,17,19)/t10-,12+,13-/m1/s1. The third kappa shape index (κ3) is 2.53. The summed E-state index contributed by atoms with van der Waals surface area (Å²) in [6, 6.07) is 3.30. The molecule has 0 bridgehead atoms. The number of hydrogen-bond donors (Lipinski definition) is 1. The van der Waals surface area contributed by atoms with E-state index in [1.54, 1.807) is 17.3 Å². The molecule has 3 atom stereocenters. The average Bonchev–Trinajstić information content (AvgIpc) is 3.19. The van der Waals surface area contributed by atoms with Gasteiger partial charge in [-0.1, -0.05) is 6.92 Å². The maximum atomic E-state index is 12.5. The minimum atomic E-state index is -0.385. The molecule has 1 aliphatic carbocycles. The van der Waals surface area contributed by atoms with Crippen molar-refractivity contribution in [2.45, 2.75) is 32.2 Å². The number of aromatic nitrogens is 1. The van der Waals surface area contributed by atoms with Gasteiger partial charge in [-0.05, 0) is 37.3 Å². The number of hydrogen-bond acceptors (Lipinski definition) is 3. The number of anilines is 1. The van der Waals surface area contributed by atoms with Gasteiger partial charge in [0.1, 0.15) is 6.04 Å². The summed E-state index contributed by atoms with van der Waals surface area (Å²) in [7, 11) is 0. The SMILES string of the molecule is C[C@@H]1C[C@@H]1C(=O)N[C@@H]1CCCN(c2cccnc2)C1=O. The van der Waals surface area contributed by atoms with Crippen LogP contribution in [0.2, 0.25) is 0 Å². The van der Waals surface area contributed by atoms with Crippen LogP contribution in [0.5, 0.6) is 0 Å². The van der Waals surface area contributed by atoms with Crippen LogP contribution in [0.25, 0.3) is 0 Å². The summed E-state index contributed by atoms with van der Waals surface area (Å²) < 4.78 is 0. The number of pyridine rings is 1. The Morgan fingerprint density at radius 1 is 1.50 bits per heavy atom. The van der Waals surface area contributed by atoms with Crippen molar-refractivity contribution < 1.29 is 9.59 Å². The van der Waals surface area contributed by atoms with Crippen LogP contribution in [-0.4, -0.2) is 29.4 Å². The molecule has 1 aromatic heterocycles. The van der Waals surface area contributed by atoms with Crippen LogP contribution in [0, 0.1) is 11.8 Å². The average molecular weight is 273 g/mol. The number of nitrogens with zero attached hydrogens (tertiary/aromatic N) is 2.